The van der Waals surface area contributed by atoms with Crippen molar-refractivity contribution >= 4 is 21.8 Å². The summed E-state index contributed by atoms with van der Waals surface area (Å²) in [5, 5.41) is 2.88. The van der Waals surface area contributed by atoms with Crippen LogP contribution >= 0.6 is 15.9 Å². The predicted molar refractivity (Wildman–Crippen MR) is 84.9 cm³/mol. The van der Waals surface area contributed by atoms with Gasteiger partial charge in [0, 0.05) is 16.6 Å². The standard InChI is InChI=1S/C16H16BrNO3/c1-20-14-7-6-11(8-15(14)21-2)10-18-16(19)12-4-3-5-13(17)9-12/h3-9H,10H2,1-2H3,(H,18,19). The average molecular weight is 350 g/mol. The summed E-state index contributed by atoms with van der Waals surface area (Å²) in [6.07, 6.45) is 0. The topological polar surface area (TPSA) is 47.6 Å². The lowest BCUT2D eigenvalue weighted by molar-refractivity contribution is 0.0951. The van der Waals surface area contributed by atoms with Crippen molar-refractivity contribution in [3.05, 3.63) is 58.1 Å². The lowest BCUT2D eigenvalue weighted by Gasteiger charge is -2.10. The monoisotopic (exact) mass is 349 g/mol. The van der Waals surface area contributed by atoms with E-state index in [9.17, 15) is 4.79 Å². The Kier molecular flexibility index (Phi) is 5.22. The predicted octanol–water partition coefficient (Wildman–Crippen LogP) is 3.40. The zero-order valence-electron chi connectivity index (χ0n) is 11.9. The van der Waals surface area contributed by atoms with Crippen molar-refractivity contribution < 1.29 is 14.3 Å². The van der Waals surface area contributed by atoms with E-state index in [1.165, 1.54) is 0 Å². The van der Waals surface area contributed by atoms with Crippen LogP contribution in [0, 0.1) is 0 Å². The third kappa shape index (κ3) is 3.98. The molecule has 0 aliphatic carbocycles. The quantitative estimate of drug-likeness (QED) is 0.899. The van der Waals surface area contributed by atoms with Gasteiger partial charge in [0.2, 0.25) is 0 Å². The second-order valence-electron chi connectivity index (χ2n) is 4.38. The minimum absolute atomic E-state index is 0.119. The fourth-order valence-electron chi connectivity index (χ4n) is 1.90. The Bertz CT molecular complexity index is 643. The molecule has 0 fully saturated rings. The molecule has 0 aromatic heterocycles. The first-order chi connectivity index (χ1) is 10.1. The van der Waals surface area contributed by atoms with Crippen molar-refractivity contribution in [2.75, 3.05) is 14.2 Å². The van der Waals surface area contributed by atoms with Gasteiger partial charge in [0.15, 0.2) is 11.5 Å². The van der Waals surface area contributed by atoms with Gasteiger partial charge in [-0.3, -0.25) is 4.79 Å². The summed E-state index contributed by atoms with van der Waals surface area (Å²) < 4.78 is 11.3. The zero-order valence-corrected chi connectivity index (χ0v) is 13.4. The van der Waals surface area contributed by atoms with E-state index in [0.29, 0.717) is 23.6 Å². The van der Waals surface area contributed by atoms with Crippen molar-refractivity contribution in [2.24, 2.45) is 0 Å². The summed E-state index contributed by atoms with van der Waals surface area (Å²) in [7, 11) is 3.17. The summed E-state index contributed by atoms with van der Waals surface area (Å²) in [5.41, 5.74) is 1.56. The maximum Gasteiger partial charge on any atom is 0.251 e. The molecule has 0 saturated carbocycles. The molecular formula is C16H16BrNO3. The minimum Gasteiger partial charge on any atom is -0.493 e. The van der Waals surface area contributed by atoms with E-state index in [-0.39, 0.29) is 5.91 Å². The molecule has 110 valence electrons. The molecule has 2 rings (SSSR count). The number of methoxy groups -OCH3 is 2. The van der Waals surface area contributed by atoms with Crippen LogP contribution in [0.4, 0.5) is 0 Å². The second kappa shape index (κ2) is 7.13. The first kappa shape index (κ1) is 15.4. The number of halogens is 1. The first-order valence-corrected chi connectivity index (χ1v) is 7.18. The van der Waals surface area contributed by atoms with Gasteiger partial charge in [-0.25, -0.2) is 0 Å². The number of amides is 1. The van der Waals surface area contributed by atoms with Gasteiger partial charge in [0.1, 0.15) is 0 Å². The Labute approximate surface area is 132 Å². The maximum absolute atomic E-state index is 12.1. The van der Waals surface area contributed by atoms with Crippen molar-refractivity contribution in [2.45, 2.75) is 6.54 Å². The number of nitrogens with one attached hydrogen (secondary N) is 1. The molecule has 0 saturated heterocycles. The molecule has 0 atom stereocenters. The fourth-order valence-corrected chi connectivity index (χ4v) is 2.30. The molecule has 0 heterocycles. The zero-order chi connectivity index (χ0) is 15.2. The van der Waals surface area contributed by atoms with Crippen molar-refractivity contribution in [1.29, 1.82) is 0 Å². The van der Waals surface area contributed by atoms with Gasteiger partial charge in [0.25, 0.3) is 5.91 Å². The number of carbonyl (C=O) groups is 1. The van der Waals surface area contributed by atoms with E-state index in [1.807, 2.05) is 30.3 Å². The fraction of sp³-hybridized carbons (Fsp3) is 0.188. The molecule has 5 heteroatoms. The molecule has 2 aromatic carbocycles. The lowest BCUT2D eigenvalue weighted by atomic mass is 10.1. The highest BCUT2D eigenvalue weighted by molar-refractivity contribution is 9.10. The molecule has 0 bridgehead atoms. The number of hydrogen-bond donors (Lipinski definition) is 1. The van der Waals surface area contributed by atoms with Crippen LogP contribution in [0.15, 0.2) is 46.9 Å². The number of hydrogen-bond acceptors (Lipinski definition) is 3. The molecule has 4 nitrogen and oxygen atoms in total. The Morgan fingerprint density at radius 3 is 2.52 bits per heavy atom. The van der Waals surface area contributed by atoms with Crippen LogP contribution in [0.5, 0.6) is 11.5 Å². The van der Waals surface area contributed by atoms with Crippen molar-refractivity contribution in [3.63, 3.8) is 0 Å². The summed E-state index contributed by atoms with van der Waals surface area (Å²) >= 11 is 3.35. The Morgan fingerprint density at radius 2 is 1.86 bits per heavy atom. The molecule has 0 aliphatic heterocycles. The van der Waals surface area contributed by atoms with E-state index in [2.05, 4.69) is 21.2 Å². The number of carbonyl (C=O) groups excluding carboxylic acids is 1. The van der Waals surface area contributed by atoms with Crippen LogP contribution < -0.4 is 14.8 Å². The molecule has 0 aliphatic rings. The van der Waals surface area contributed by atoms with Crippen LogP contribution in [-0.4, -0.2) is 20.1 Å². The molecular weight excluding hydrogens is 334 g/mol. The molecule has 0 spiro atoms. The SMILES string of the molecule is COc1ccc(CNC(=O)c2cccc(Br)c2)cc1OC. The van der Waals surface area contributed by atoms with Crippen molar-refractivity contribution in [1.82, 2.24) is 5.32 Å². The van der Waals surface area contributed by atoms with E-state index >= 15 is 0 Å². The minimum atomic E-state index is -0.119. The van der Waals surface area contributed by atoms with E-state index in [0.717, 1.165) is 10.0 Å². The van der Waals surface area contributed by atoms with E-state index < -0.39 is 0 Å². The van der Waals surface area contributed by atoms with Gasteiger partial charge in [0.05, 0.1) is 14.2 Å². The van der Waals surface area contributed by atoms with E-state index in [1.54, 1.807) is 26.4 Å². The van der Waals surface area contributed by atoms with Crippen LogP contribution in [0.2, 0.25) is 0 Å². The third-order valence-electron chi connectivity index (χ3n) is 2.99. The number of rotatable bonds is 5. The molecule has 0 radical (unpaired) electrons. The average Bonchev–Trinajstić information content (AvgIpc) is 2.52. The Morgan fingerprint density at radius 1 is 1.10 bits per heavy atom. The largest absolute Gasteiger partial charge is 0.493 e. The summed E-state index contributed by atoms with van der Waals surface area (Å²) in [4.78, 5) is 12.1. The lowest BCUT2D eigenvalue weighted by Crippen LogP contribution is -2.22. The Hall–Kier alpha value is -2.01. The normalized spacial score (nSPS) is 10.0. The van der Waals surface area contributed by atoms with Gasteiger partial charge in [-0.1, -0.05) is 28.1 Å². The summed E-state index contributed by atoms with van der Waals surface area (Å²) in [6, 6.07) is 12.8. The number of benzene rings is 2. The first-order valence-electron chi connectivity index (χ1n) is 6.38. The molecule has 0 unspecified atom stereocenters. The van der Waals surface area contributed by atoms with Gasteiger partial charge >= 0.3 is 0 Å². The van der Waals surface area contributed by atoms with Gasteiger partial charge in [-0.15, -0.1) is 0 Å². The molecule has 1 amide bonds. The van der Waals surface area contributed by atoms with Gasteiger partial charge in [-0.05, 0) is 35.9 Å². The highest BCUT2D eigenvalue weighted by Gasteiger charge is 2.08. The van der Waals surface area contributed by atoms with Crippen molar-refractivity contribution in [3.8, 4) is 11.5 Å². The summed E-state index contributed by atoms with van der Waals surface area (Å²) in [6.45, 7) is 0.422. The highest BCUT2D eigenvalue weighted by Crippen LogP contribution is 2.27. The third-order valence-corrected chi connectivity index (χ3v) is 3.48. The second-order valence-corrected chi connectivity index (χ2v) is 5.30. The van der Waals surface area contributed by atoms with Crippen LogP contribution in [0.1, 0.15) is 15.9 Å². The molecule has 1 N–H and O–H groups in total. The van der Waals surface area contributed by atoms with E-state index in [4.69, 9.17) is 9.47 Å². The smallest absolute Gasteiger partial charge is 0.251 e. The van der Waals surface area contributed by atoms with Crippen LogP contribution in [-0.2, 0) is 6.54 Å². The maximum atomic E-state index is 12.1. The summed E-state index contributed by atoms with van der Waals surface area (Å²) in [5.74, 6) is 1.19. The van der Waals surface area contributed by atoms with Gasteiger partial charge in [-0.2, -0.15) is 0 Å². The highest BCUT2D eigenvalue weighted by atomic mass is 79.9. The molecule has 2 aromatic rings. The van der Waals surface area contributed by atoms with Gasteiger partial charge < -0.3 is 14.8 Å². The number of ether oxygens (including phenoxy) is 2. The van der Waals surface area contributed by atoms with Crippen LogP contribution in [0.3, 0.4) is 0 Å². The van der Waals surface area contributed by atoms with Crippen LogP contribution in [0.25, 0.3) is 0 Å². The molecule has 21 heavy (non-hydrogen) atoms. The Balaban J connectivity index is 2.04.